The average Bonchev–Trinajstić information content (AvgIpc) is 3.07. The van der Waals surface area contributed by atoms with Crippen molar-refractivity contribution < 1.29 is 9.53 Å². The van der Waals surface area contributed by atoms with E-state index in [1.54, 1.807) is 13.8 Å². The molecule has 0 aliphatic rings. The molecule has 0 amide bonds. The van der Waals surface area contributed by atoms with Gasteiger partial charge in [-0.05, 0) is 31.4 Å². The molecule has 6 heteroatoms. The largest absolute Gasteiger partial charge is 0.464 e. The molecule has 2 heterocycles. The second-order valence-corrected chi connectivity index (χ2v) is 6.62. The molecule has 0 aliphatic heterocycles. The highest BCUT2D eigenvalue weighted by atomic mass is 32.1. The van der Waals surface area contributed by atoms with Gasteiger partial charge in [0.15, 0.2) is 0 Å². The molecule has 0 saturated carbocycles. The zero-order valence-electron chi connectivity index (χ0n) is 14.5. The first-order chi connectivity index (χ1) is 12.1. The zero-order valence-corrected chi connectivity index (χ0v) is 15.3. The molecule has 0 saturated heterocycles. The second kappa shape index (κ2) is 7.19. The Bertz CT molecular complexity index is 957. The Kier molecular flexibility index (Phi) is 4.99. The maximum Gasteiger partial charge on any atom is 0.328 e. The predicted octanol–water partition coefficient (Wildman–Crippen LogP) is 3.81. The highest BCUT2D eigenvalue weighted by Crippen LogP contribution is 2.31. The van der Waals surface area contributed by atoms with Crippen molar-refractivity contribution in [3.63, 3.8) is 0 Å². The number of nitrogens with zero attached hydrogens (tertiary/aromatic N) is 2. The number of carbonyl (C=O) groups excluding carboxylic acids is 1. The van der Waals surface area contributed by atoms with Gasteiger partial charge >= 0.3 is 5.97 Å². The third kappa shape index (κ3) is 3.22. The number of aromatic nitrogens is 2. The minimum absolute atomic E-state index is 0.221. The van der Waals surface area contributed by atoms with Crippen molar-refractivity contribution in [2.24, 2.45) is 0 Å². The normalized spacial score (nSPS) is 12.3. The lowest BCUT2D eigenvalue weighted by Gasteiger charge is -2.13. The van der Waals surface area contributed by atoms with Crippen LogP contribution in [0.15, 0.2) is 40.8 Å². The average molecular weight is 356 g/mol. The van der Waals surface area contributed by atoms with E-state index in [4.69, 9.17) is 4.74 Å². The SMILES string of the molecule is CCOC(=O)C(C)n1cnc2scc(-c3ccc(CC)cc3)c2c1=O. The van der Waals surface area contributed by atoms with Gasteiger partial charge in [0, 0.05) is 10.9 Å². The Morgan fingerprint density at radius 2 is 2.00 bits per heavy atom. The maximum atomic E-state index is 13.0. The fourth-order valence-electron chi connectivity index (χ4n) is 2.73. The van der Waals surface area contributed by atoms with Crippen LogP contribution in [-0.2, 0) is 16.0 Å². The summed E-state index contributed by atoms with van der Waals surface area (Å²) in [5.41, 5.74) is 2.85. The highest BCUT2D eigenvalue weighted by Gasteiger charge is 2.21. The van der Waals surface area contributed by atoms with Gasteiger partial charge in [0.05, 0.1) is 18.3 Å². The number of carbonyl (C=O) groups is 1. The van der Waals surface area contributed by atoms with Gasteiger partial charge in [-0.2, -0.15) is 0 Å². The Balaban J connectivity index is 2.11. The monoisotopic (exact) mass is 356 g/mol. The van der Waals surface area contributed by atoms with Crippen molar-refractivity contribution in [2.45, 2.75) is 33.2 Å². The third-order valence-corrected chi connectivity index (χ3v) is 5.12. The summed E-state index contributed by atoms with van der Waals surface area (Å²) in [6, 6.07) is 7.46. The first-order valence-electron chi connectivity index (χ1n) is 8.31. The number of esters is 1. The van der Waals surface area contributed by atoms with Crippen molar-refractivity contribution in [3.05, 3.63) is 51.9 Å². The summed E-state index contributed by atoms with van der Waals surface area (Å²) >= 11 is 1.43. The van der Waals surface area contributed by atoms with Gasteiger partial charge in [0.1, 0.15) is 10.9 Å². The Labute approximate surface area is 149 Å². The van der Waals surface area contributed by atoms with E-state index in [9.17, 15) is 9.59 Å². The number of ether oxygens (including phenoxy) is 1. The van der Waals surface area contributed by atoms with Gasteiger partial charge in [-0.1, -0.05) is 31.2 Å². The van der Waals surface area contributed by atoms with Crippen LogP contribution in [-0.4, -0.2) is 22.1 Å². The van der Waals surface area contributed by atoms with Crippen molar-refractivity contribution in [1.82, 2.24) is 9.55 Å². The molecule has 5 nitrogen and oxygen atoms in total. The summed E-state index contributed by atoms with van der Waals surface area (Å²) in [6.45, 7) is 5.77. The minimum atomic E-state index is -0.709. The minimum Gasteiger partial charge on any atom is -0.464 e. The van der Waals surface area contributed by atoms with Crippen LogP contribution in [0.5, 0.6) is 0 Å². The fraction of sp³-hybridized carbons (Fsp3) is 0.316. The van der Waals surface area contributed by atoms with Crippen LogP contribution in [0.25, 0.3) is 21.3 Å². The van der Waals surface area contributed by atoms with E-state index in [-0.39, 0.29) is 12.2 Å². The fourth-order valence-corrected chi connectivity index (χ4v) is 3.64. The molecular formula is C19H20N2O3S. The van der Waals surface area contributed by atoms with E-state index < -0.39 is 12.0 Å². The standard InChI is InChI=1S/C19H20N2O3S/c1-4-13-6-8-14(9-7-13)15-10-25-17-16(15)18(22)21(11-20-17)12(3)19(23)24-5-2/h6-12H,4-5H2,1-3H3. The van der Waals surface area contributed by atoms with Gasteiger partial charge in [-0.15, -0.1) is 11.3 Å². The molecule has 2 aromatic heterocycles. The van der Waals surface area contributed by atoms with Gasteiger partial charge in [0.2, 0.25) is 0 Å². The summed E-state index contributed by atoms with van der Waals surface area (Å²) in [7, 11) is 0. The molecule has 3 aromatic rings. The smallest absolute Gasteiger partial charge is 0.328 e. The number of aryl methyl sites for hydroxylation is 1. The topological polar surface area (TPSA) is 61.2 Å². The summed E-state index contributed by atoms with van der Waals surface area (Å²) in [5.74, 6) is -0.435. The number of benzene rings is 1. The molecule has 130 valence electrons. The lowest BCUT2D eigenvalue weighted by Crippen LogP contribution is -2.29. The number of thiophene rings is 1. The Morgan fingerprint density at radius 1 is 1.28 bits per heavy atom. The molecule has 25 heavy (non-hydrogen) atoms. The summed E-state index contributed by atoms with van der Waals surface area (Å²) in [6.07, 6.45) is 2.39. The summed E-state index contributed by atoms with van der Waals surface area (Å²) in [5, 5.41) is 2.49. The van der Waals surface area contributed by atoms with Crippen LogP contribution < -0.4 is 5.56 Å². The zero-order chi connectivity index (χ0) is 18.0. The predicted molar refractivity (Wildman–Crippen MR) is 100 cm³/mol. The van der Waals surface area contributed by atoms with Crippen LogP contribution in [0.4, 0.5) is 0 Å². The molecule has 3 rings (SSSR count). The van der Waals surface area contributed by atoms with Crippen LogP contribution in [0.3, 0.4) is 0 Å². The quantitative estimate of drug-likeness (QED) is 0.652. The van der Waals surface area contributed by atoms with Crippen LogP contribution in [0.2, 0.25) is 0 Å². The van der Waals surface area contributed by atoms with E-state index in [1.165, 1.54) is 27.8 Å². The first-order valence-corrected chi connectivity index (χ1v) is 9.19. The number of hydrogen-bond acceptors (Lipinski definition) is 5. The van der Waals surface area contributed by atoms with Crippen molar-refractivity contribution >= 4 is 27.5 Å². The van der Waals surface area contributed by atoms with Crippen LogP contribution in [0.1, 0.15) is 32.4 Å². The number of rotatable bonds is 5. The molecule has 0 bridgehead atoms. The number of hydrogen-bond donors (Lipinski definition) is 0. The molecule has 0 aliphatic carbocycles. The van der Waals surface area contributed by atoms with Crippen molar-refractivity contribution in [3.8, 4) is 11.1 Å². The molecule has 0 radical (unpaired) electrons. The van der Waals surface area contributed by atoms with E-state index in [2.05, 4.69) is 24.0 Å². The highest BCUT2D eigenvalue weighted by molar-refractivity contribution is 7.17. The van der Waals surface area contributed by atoms with Crippen LogP contribution >= 0.6 is 11.3 Å². The summed E-state index contributed by atoms with van der Waals surface area (Å²) in [4.78, 5) is 30.0. The second-order valence-electron chi connectivity index (χ2n) is 5.77. The third-order valence-electron chi connectivity index (χ3n) is 4.24. The van der Waals surface area contributed by atoms with E-state index in [0.717, 1.165) is 17.5 Å². The number of fused-ring (bicyclic) bond motifs is 1. The lowest BCUT2D eigenvalue weighted by atomic mass is 10.0. The van der Waals surface area contributed by atoms with E-state index >= 15 is 0 Å². The maximum absolute atomic E-state index is 13.0. The van der Waals surface area contributed by atoms with Gasteiger partial charge in [-0.25, -0.2) is 9.78 Å². The van der Waals surface area contributed by atoms with Crippen molar-refractivity contribution in [2.75, 3.05) is 6.61 Å². The van der Waals surface area contributed by atoms with Gasteiger partial charge < -0.3 is 4.74 Å². The molecule has 1 unspecified atom stereocenters. The van der Waals surface area contributed by atoms with Gasteiger partial charge in [0.25, 0.3) is 5.56 Å². The molecular weight excluding hydrogens is 336 g/mol. The van der Waals surface area contributed by atoms with Crippen LogP contribution in [0, 0.1) is 0 Å². The summed E-state index contributed by atoms with van der Waals surface area (Å²) < 4.78 is 6.37. The van der Waals surface area contributed by atoms with Crippen molar-refractivity contribution in [1.29, 1.82) is 0 Å². The van der Waals surface area contributed by atoms with Gasteiger partial charge in [-0.3, -0.25) is 9.36 Å². The first kappa shape index (κ1) is 17.4. The molecule has 0 fully saturated rings. The van der Waals surface area contributed by atoms with E-state index in [1.807, 2.05) is 17.5 Å². The Hall–Kier alpha value is -2.47. The molecule has 0 spiro atoms. The molecule has 1 atom stereocenters. The Morgan fingerprint density at radius 3 is 2.64 bits per heavy atom. The molecule has 1 aromatic carbocycles. The lowest BCUT2D eigenvalue weighted by molar-refractivity contribution is -0.146. The van der Waals surface area contributed by atoms with E-state index in [0.29, 0.717) is 10.2 Å². The molecule has 0 N–H and O–H groups in total.